The predicted molar refractivity (Wildman–Crippen MR) is 204 cm³/mol. The molecule has 1 aliphatic rings. The first kappa shape index (κ1) is 41.0. The molecule has 54 heavy (non-hydrogen) atoms. The number of aromatic amines is 1. The lowest BCUT2D eigenvalue weighted by Gasteiger charge is -2.34. The fraction of sp³-hybridized carbons (Fsp3) is 0.421. The molecule has 2 aromatic carbocycles. The average molecular weight is 787 g/mol. The second kappa shape index (κ2) is 18.9. The molecular weight excluding hydrogens is 741 g/mol. The number of nitrogens with one attached hydrogen (secondary N) is 4. The van der Waals surface area contributed by atoms with Crippen LogP contribution in [0.25, 0.3) is 10.9 Å². The van der Waals surface area contributed by atoms with Crippen LogP contribution in [0.1, 0.15) is 61.3 Å². The Balaban J connectivity index is 1.65. The molecule has 8 N–H and O–H groups in total. The quantitative estimate of drug-likeness (QED) is 0.118. The van der Waals surface area contributed by atoms with E-state index in [1.54, 1.807) is 25.3 Å². The zero-order valence-electron chi connectivity index (χ0n) is 30.0. The average Bonchev–Trinajstić information content (AvgIpc) is 3.56. The second-order valence-corrected chi connectivity index (χ2v) is 14.5. The first-order valence-corrected chi connectivity index (χ1v) is 19.2. The van der Waals surface area contributed by atoms with Crippen molar-refractivity contribution in [2.75, 3.05) is 19.6 Å². The maximum Gasteiger partial charge on any atom is 0.416 e. The SMILES string of the molecule is CCN1C(=O)[C@H](CCCCN)NC(=O)[C@H](CCCN)NCc2cccnc2Sc2c(Cl)ccc(C(F)(F)F)c2CNC(=O)[C@@H]1Cc1c[nH]c2ccccc12. The Hall–Kier alpha value is -4.15. The van der Waals surface area contributed by atoms with Crippen LogP contribution in [0.2, 0.25) is 5.02 Å². The van der Waals surface area contributed by atoms with Crippen molar-refractivity contribution in [2.24, 2.45) is 11.5 Å². The number of H-pyrrole nitrogens is 1. The van der Waals surface area contributed by atoms with Gasteiger partial charge in [0.05, 0.1) is 16.6 Å². The van der Waals surface area contributed by atoms with Crippen LogP contribution in [0.5, 0.6) is 0 Å². The zero-order valence-corrected chi connectivity index (χ0v) is 31.6. The number of unbranched alkanes of at least 4 members (excludes halogenated alkanes) is 1. The van der Waals surface area contributed by atoms with Gasteiger partial charge in [-0.15, -0.1) is 0 Å². The van der Waals surface area contributed by atoms with Gasteiger partial charge in [0.15, 0.2) is 0 Å². The first-order chi connectivity index (χ1) is 26.0. The lowest BCUT2D eigenvalue weighted by Crippen LogP contribution is -2.58. The Kier molecular flexibility index (Phi) is 14.4. The number of nitrogens with zero attached hydrogens (tertiary/aromatic N) is 2. The molecule has 3 atom stereocenters. The molecule has 16 heteroatoms. The molecule has 0 fully saturated rings. The van der Waals surface area contributed by atoms with Crippen LogP contribution in [-0.2, 0) is 40.1 Å². The number of benzene rings is 2. The molecular formula is C38H46ClF3N8O3S. The minimum Gasteiger partial charge on any atom is -0.361 e. The normalized spacial score (nSPS) is 19.2. The molecule has 2 aromatic heterocycles. The Bertz CT molecular complexity index is 1930. The third-order valence-electron chi connectivity index (χ3n) is 9.51. The van der Waals surface area contributed by atoms with Crippen molar-refractivity contribution in [1.82, 2.24) is 30.8 Å². The summed E-state index contributed by atoms with van der Waals surface area (Å²) in [7, 11) is 0. The van der Waals surface area contributed by atoms with E-state index in [0.29, 0.717) is 49.4 Å². The van der Waals surface area contributed by atoms with Crippen molar-refractivity contribution >= 4 is 52.0 Å². The van der Waals surface area contributed by atoms with E-state index < -0.39 is 54.1 Å². The maximum atomic E-state index is 14.6. The van der Waals surface area contributed by atoms with E-state index in [0.717, 1.165) is 34.3 Å². The van der Waals surface area contributed by atoms with Crippen LogP contribution in [0, 0.1) is 0 Å². The number of rotatable bonds is 10. The first-order valence-electron chi connectivity index (χ1n) is 18.0. The van der Waals surface area contributed by atoms with Gasteiger partial charge < -0.3 is 37.3 Å². The summed E-state index contributed by atoms with van der Waals surface area (Å²) < 4.78 is 43.9. The molecule has 0 unspecified atom stereocenters. The monoisotopic (exact) mass is 786 g/mol. The number of carbonyl (C=O) groups is 3. The van der Waals surface area contributed by atoms with Gasteiger partial charge in [-0.2, -0.15) is 13.2 Å². The summed E-state index contributed by atoms with van der Waals surface area (Å²) in [6, 6.07) is 10.0. The molecule has 4 aromatic rings. The summed E-state index contributed by atoms with van der Waals surface area (Å²) in [6.07, 6.45) is 0.774. The molecule has 290 valence electrons. The van der Waals surface area contributed by atoms with Gasteiger partial charge in [-0.05, 0) is 93.1 Å². The number of fused-ring (bicyclic) bond motifs is 3. The van der Waals surface area contributed by atoms with Gasteiger partial charge >= 0.3 is 6.18 Å². The van der Waals surface area contributed by atoms with Crippen molar-refractivity contribution in [1.29, 1.82) is 0 Å². The van der Waals surface area contributed by atoms with Crippen molar-refractivity contribution in [3.63, 3.8) is 0 Å². The highest BCUT2D eigenvalue weighted by Crippen LogP contribution is 2.43. The van der Waals surface area contributed by atoms with Gasteiger partial charge in [0, 0.05) is 54.2 Å². The van der Waals surface area contributed by atoms with Crippen LogP contribution in [0.3, 0.4) is 0 Å². The molecule has 11 nitrogen and oxygen atoms in total. The van der Waals surface area contributed by atoms with Crippen LogP contribution >= 0.6 is 23.4 Å². The number of aromatic nitrogens is 2. The molecule has 3 heterocycles. The Morgan fingerprint density at radius 3 is 2.44 bits per heavy atom. The van der Waals surface area contributed by atoms with E-state index in [2.05, 4.69) is 25.9 Å². The van der Waals surface area contributed by atoms with Gasteiger partial charge in [-0.25, -0.2) is 4.98 Å². The van der Waals surface area contributed by atoms with Crippen molar-refractivity contribution in [3.05, 3.63) is 88.2 Å². The number of amides is 3. The number of pyridine rings is 1. The van der Waals surface area contributed by atoms with Crippen LogP contribution in [0.4, 0.5) is 13.2 Å². The number of nitrogens with two attached hydrogens (primary N) is 2. The largest absolute Gasteiger partial charge is 0.416 e. The number of para-hydroxylation sites is 1. The molecule has 0 bridgehead atoms. The third kappa shape index (κ3) is 9.93. The molecule has 0 radical (unpaired) electrons. The molecule has 3 amide bonds. The highest BCUT2D eigenvalue weighted by molar-refractivity contribution is 7.99. The van der Waals surface area contributed by atoms with E-state index in [1.807, 2.05) is 24.3 Å². The fourth-order valence-electron chi connectivity index (χ4n) is 6.68. The van der Waals surface area contributed by atoms with Crippen LogP contribution in [0.15, 0.2) is 70.8 Å². The molecule has 5 rings (SSSR count). The van der Waals surface area contributed by atoms with Crippen LogP contribution in [-0.4, -0.2) is 70.3 Å². The minimum absolute atomic E-state index is 0.0418. The van der Waals surface area contributed by atoms with Crippen LogP contribution < -0.4 is 27.4 Å². The minimum atomic E-state index is -4.78. The number of hydrogen-bond acceptors (Lipinski definition) is 8. The van der Waals surface area contributed by atoms with E-state index >= 15 is 0 Å². The predicted octanol–water partition coefficient (Wildman–Crippen LogP) is 5.29. The van der Waals surface area contributed by atoms with Crippen molar-refractivity contribution in [3.8, 4) is 0 Å². The smallest absolute Gasteiger partial charge is 0.361 e. The summed E-state index contributed by atoms with van der Waals surface area (Å²) in [5.41, 5.74) is 12.6. The number of halogens is 4. The fourth-order valence-corrected chi connectivity index (χ4v) is 8.02. The lowest BCUT2D eigenvalue weighted by molar-refractivity contribution is -0.143. The number of hydrogen-bond donors (Lipinski definition) is 6. The van der Waals surface area contributed by atoms with Gasteiger partial charge in [0.25, 0.3) is 0 Å². The van der Waals surface area contributed by atoms with Gasteiger partial charge in [0.1, 0.15) is 17.1 Å². The summed E-state index contributed by atoms with van der Waals surface area (Å²) in [6.45, 7) is 2.09. The molecule has 0 spiro atoms. The van der Waals surface area contributed by atoms with E-state index in [1.165, 1.54) is 17.2 Å². The molecule has 1 aliphatic heterocycles. The molecule has 0 saturated carbocycles. The summed E-state index contributed by atoms with van der Waals surface area (Å²) in [5.74, 6) is -1.58. The standard InChI is InChI=1S/C38H46ClF3N8O3S/c1-2-50-32(19-24-21-46-29-11-4-3-10-25(24)29)35(52)48-22-26-27(38(40,41)42)14-15-28(39)33(26)54-36-23(9-8-18-45-36)20-47-30(13-7-17-44)34(51)49-31(37(50)53)12-5-6-16-43/h3-4,8-11,14-15,18,21,30-32,46-47H,2,5-7,12-13,16-17,19-20,22,43-44H2,1H3,(H,48,52)(H,49,51)/t30-,31-,32-/m0/s1. The molecule has 0 saturated heterocycles. The Labute approximate surface area is 321 Å². The highest BCUT2D eigenvalue weighted by Gasteiger charge is 2.38. The van der Waals surface area contributed by atoms with Gasteiger partial charge in [-0.3, -0.25) is 14.4 Å². The third-order valence-corrected chi connectivity index (χ3v) is 11.2. The number of likely N-dealkylation sites (N-methyl/N-ethyl adjacent to an activating group) is 1. The summed E-state index contributed by atoms with van der Waals surface area (Å²) in [5, 5.41) is 10.2. The van der Waals surface area contributed by atoms with Crippen molar-refractivity contribution in [2.45, 2.75) is 92.8 Å². The Morgan fingerprint density at radius 1 is 0.944 bits per heavy atom. The zero-order chi connectivity index (χ0) is 38.8. The second-order valence-electron chi connectivity index (χ2n) is 13.1. The topological polar surface area (TPSA) is 171 Å². The van der Waals surface area contributed by atoms with Gasteiger partial charge in [0.2, 0.25) is 17.7 Å². The summed E-state index contributed by atoms with van der Waals surface area (Å²) in [4.78, 5) is 52.2. The lowest BCUT2D eigenvalue weighted by atomic mass is 10.00. The molecule has 0 aliphatic carbocycles. The highest BCUT2D eigenvalue weighted by atomic mass is 35.5. The summed E-state index contributed by atoms with van der Waals surface area (Å²) >= 11 is 7.57. The van der Waals surface area contributed by atoms with Gasteiger partial charge in [-0.1, -0.05) is 47.6 Å². The van der Waals surface area contributed by atoms with Crippen molar-refractivity contribution < 1.29 is 27.6 Å². The van der Waals surface area contributed by atoms with E-state index in [4.69, 9.17) is 23.1 Å². The van der Waals surface area contributed by atoms with E-state index in [-0.39, 0.29) is 41.4 Å². The maximum absolute atomic E-state index is 14.6. The number of alkyl halides is 3. The number of carbonyl (C=O) groups excluding carboxylic acids is 3. The van der Waals surface area contributed by atoms with E-state index in [9.17, 15) is 27.6 Å². The Morgan fingerprint density at radius 2 is 1.70 bits per heavy atom.